The summed E-state index contributed by atoms with van der Waals surface area (Å²) in [5.74, 6) is -0.0394. The second-order valence-electron chi connectivity index (χ2n) is 7.46. The molecule has 2 aliphatic rings. The molecular formula is C20H25N5O6S2. The number of carbonyl (C=O) groups is 2. The normalized spacial score (nSPS) is 17.5. The summed E-state index contributed by atoms with van der Waals surface area (Å²) in [6.45, 7) is 2.45. The average molecular weight is 496 g/mol. The average Bonchev–Trinajstić information content (AvgIpc) is 3.27. The summed E-state index contributed by atoms with van der Waals surface area (Å²) in [7, 11) is -2.28. The zero-order valence-electron chi connectivity index (χ0n) is 18.1. The van der Waals surface area contributed by atoms with Crippen molar-refractivity contribution in [3.63, 3.8) is 0 Å². The highest BCUT2D eigenvalue weighted by Crippen LogP contribution is 2.30. The van der Waals surface area contributed by atoms with Crippen LogP contribution in [0.4, 0.5) is 15.6 Å². The number of anilines is 2. The van der Waals surface area contributed by atoms with Gasteiger partial charge >= 0.3 is 6.03 Å². The van der Waals surface area contributed by atoms with Gasteiger partial charge in [0.1, 0.15) is 5.75 Å². The molecule has 33 heavy (non-hydrogen) atoms. The lowest BCUT2D eigenvalue weighted by Crippen LogP contribution is -2.46. The van der Waals surface area contributed by atoms with Gasteiger partial charge in [-0.2, -0.15) is 4.31 Å². The van der Waals surface area contributed by atoms with Crippen molar-refractivity contribution in [2.45, 2.75) is 17.7 Å². The van der Waals surface area contributed by atoms with Crippen molar-refractivity contribution < 1.29 is 27.5 Å². The Labute approximate surface area is 195 Å². The number of morpholine rings is 1. The number of carbonyl (C=O) groups excluding carboxylic acids is 2. The lowest BCUT2D eigenvalue weighted by atomic mass is 10.2. The van der Waals surface area contributed by atoms with Crippen LogP contribution in [-0.2, 0) is 26.0 Å². The summed E-state index contributed by atoms with van der Waals surface area (Å²) in [5.41, 5.74) is 0.768. The molecule has 2 aromatic rings. The smallest absolute Gasteiger partial charge is 0.323 e. The number of amides is 3. The molecule has 0 atom stereocenters. The number of aromatic nitrogens is 1. The summed E-state index contributed by atoms with van der Waals surface area (Å²) < 4.78 is 37.8. The van der Waals surface area contributed by atoms with E-state index in [2.05, 4.69) is 15.6 Å². The Bertz CT molecular complexity index is 1130. The van der Waals surface area contributed by atoms with Crippen molar-refractivity contribution in [1.82, 2.24) is 14.6 Å². The van der Waals surface area contributed by atoms with Gasteiger partial charge in [0.05, 0.1) is 43.0 Å². The third kappa shape index (κ3) is 5.27. The van der Waals surface area contributed by atoms with Gasteiger partial charge in [-0.1, -0.05) is 0 Å². The lowest BCUT2D eigenvalue weighted by Gasteiger charge is -2.26. The first kappa shape index (κ1) is 23.4. The van der Waals surface area contributed by atoms with E-state index in [1.807, 2.05) is 0 Å². The highest BCUT2D eigenvalue weighted by molar-refractivity contribution is 7.89. The summed E-state index contributed by atoms with van der Waals surface area (Å²) in [5, 5.41) is 7.75. The van der Waals surface area contributed by atoms with Crippen LogP contribution in [-0.4, -0.2) is 76.1 Å². The van der Waals surface area contributed by atoms with Gasteiger partial charge in [-0.15, -0.1) is 11.3 Å². The topological polar surface area (TPSA) is 130 Å². The number of hydrogen-bond donors (Lipinski definition) is 2. The quantitative estimate of drug-likeness (QED) is 0.592. The van der Waals surface area contributed by atoms with Gasteiger partial charge in [-0.05, 0) is 24.6 Å². The molecule has 3 heterocycles. The van der Waals surface area contributed by atoms with Crippen LogP contribution in [0.3, 0.4) is 0 Å². The summed E-state index contributed by atoms with van der Waals surface area (Å²) in [4.78, 5) is 30.7. The van der Waals surface area contributed by atoms with Crippen LogP contribution in [0.5, 0.6) is 5.75 Å². The summed E-state index contributed by atoms with van der Waals surface area (Å²) >= 11 is 1.29. The molecule has 0 bridgehead atoms. The molecule has 0 saturated carbocycles. The van der Waals surface area contributed by atoms with Crippen LogP contribution in [0.25, 0.3) is 0 Å². The molecule has 178 valence electrons. The standard InChI is InChI=1S/C20H25N5O6S2/c1-30-17-4-3-15(33(28,29)24-7-9-31-10-8-24)12-16(17)23-18(26)11-14-13-32-20(22-14)25-6-2-5-21-19(25)27/h3-4,12-13H,2,5-11H2,1H3,(H,21,27)(H,23,26). The molecule has 4 rings (SSSR count). The van der Waals surface area contributed by atoms with E-state index in [-0.39, 0.29) is 42.0 Å². The summed E-state index contributed by atoms with van der Waals surface area (Å²) in [6, 6.07) is 4.16. The van der Waals surface area contributed by atoms with Crippen LogP contribution in [0.15, 0.2) is 28.5 Å². The van der Waals surface area contributed by atoms with Crippen molar-refractivity contribution >= 4 is 44.1 Å². The van der Waals surface area contributed by atoms with E-state index < -0.39 is 10.0 Å². The molecule has 2 saturated heterocycles. The number of ether oxygens (including phenoxy) is 2. The van der Waals surface area contributed by atoms with Crippen molar-refractivity contribution in [1.29, 1.82) is 0 Å². The molecule has 0 radical (unpaired) electrons. The number of sulfonamides is 1. The van der Waals surface area contributed by atoms with Crippen LogP contribution < -0.4 is 20.3 Å². The van der Waals surface area contributed by atoms with Crippen LogP contribution in [0, 0.1) is 0 Å². The highest BCUT2D eigenvalue weighted by atomic mass is 32.2. The van der Waals surface area contributed by atoms with E-state index in [9.17, 15) is 18.0 Å². The number of benzene rings is 1. The minimum atomic E-state index is -3.73. The number of nitrogens with one attached hydrogen (secondary N) is 2. The van der Waals surface area contributed by atoms with Gasteiger partial charge < -0.3 is 20.1 Å². The van der Waals surface area contributed by atoms with Gasteiger partial charge in [-0.25, -0.2) is 18.2 Å². The number of methoxy groups -OCH3 is 1. The predicted octanol–water partition coefficient (Wildman–Crippen LogP) is 1.27. The third-order valence-electron chi connectivity index (χ3n) is 5.24. The molecule has 3 amide bonds. The van der Waals surface area contributed by atoms with Crippen molar-refractivity contribution in [3.8, 4) is 5.75 Å². The van der Waals surface area contributed by atoms with E-state index in [1.54, 1.807) is 10.3 Å². The van der Waals surface area contributed by atoms with Gasteiger partial charge in [0.2, 0.25) is 15.9 Å². The largest absolute Gasteiger partial charge is 0.495 e. The fourth-order valence-electron chi connectivity index (χ4n) is 3.55. The first-order chi connectivity index (χ1) is 15.9. The zero-order valence-corrected chi connectivity index (χ0v) is 19.7. The fourth-order valence-corrected chi connectivity index (χ4v) is 5.84. The van der Waals surface area contributed by atoms with E-state index in [0.717, 1.165) is 6.42 Å². The second kappa shape index (κ2) is 10.0. The second-order valence-corrected chi connectivity index (χ2v) is 10.2. The number of nitrogens with zero attached hydrogens (tertiary/aromatic N) is 3. The maximum Gasteiger partial charge on any atom is 0.323 e. The molecule has 1 aromatic heterocycles. The molecule has 2 aliphatic heterocycles. The van der Waals surface area contributed by atoms with Gasteiger partial charge in [0.25, 0.3) is 0 Å². The van der Waals surface area contributed by atoms with Crippen molar-refractivity contribution in [2.75, 3.05) is 56.7 Å². The fraction of sp³-hybridized carbons (Fsp3) is 0.450. The Morgan fingerprint density at radius 3 is 2.82 bits per heavy atom. The predicted molar refractivity (Wildman–Crippen MR) is 122 cm³/mol. The zero-order chi connectivity index (χ0) is 23.4. The highest BCUT2D eigenvalue weighted by Gasteiger charge is 2.27. The number of thiazole rings is 1. The van der Waals surface area contributed by atoms with E-state index in [4.69, 9.17) is 9.47 Å². The first-order valence-electron chi connectivity index (χ1n) is 10.4. The third-order valence-corrected chi connectivity index (χ3v) is 8.05. The van der Waals surface area contributed by atoms with Gasteiger partial charge in [-0.3, -0.25) is 9.69 Å². The molecule has 0 spiro atoms. The minimum Gasteiger partial charge on any atom is -0.495 e. The van der Waals surface area contributed by atoms with E-state index >= 15 is 0 Å². The van der Waals surface area contributed by atoms with Gasteiger partial charge in [0.15, 0.2) is 5.13 Å². The maximum atomic E-state index is 13.0. The van der Waals surface area contributed by atoms with E-state index in [1.165, 1.54) is 41.0 Å². The van der Waals surface area contributed by atoms with Crippen molar-refractivity contribution in [3.05, 3.63) is 29.3 Å². The Morgan fingerprint density at radius 1 is 1.30 bits per heavy atom. The number of rotatable bonds is 7. The minimum absolute atomic E-state index is 0.0322. The Balaban J connectivity index is 1.47. The Hall–Kier alpha value is -2.74. The van der Waals surface area contributed by atoms with Crippen LogP contribution >= 0.6 is 11.3 Å². The molecule has 0 unspecified atom stereocenters. The molecule has 1 aromatic carbocycles. The maximum absolute atomic E-state index is 13.0. The molecular weight excluding hydrogens is 470 g/mol. The molecule has 2 fully saturated rings. The Morgan fingerprint density at radius 2 is 2.09 bits per heavy atom. The van der Waals surface area contributed by atoms with Crippen LogP contribution in [0.1, 0.15) is 12.1 Å². The lowest BCUT2D eigenvalue weighted by molar-refractivity contribution is -0.115. The molecule has 11 nitrogen and oxygen atoms in total. The van der Waals surface area contributed by atoms with E-state index in [0.29, 0.717) is 42.9 Å². The van der Waals surface area contributed by atoms with Crippen LogP contribution in [0.2, 0.25) is 0 Å². The number of urea groups is 1. The SMILES string of the molecule is COc1ccc(S(=O)(=O)N2CCOCC2)cc1NC(=O)Cc1csc(N2CCCNC2=O)n1. The molecule has 2 N–H and O–H groups in total. The summed E-state index contributed by atoms with van der Waals surface area (Å²) in [6.07, 6.45) is 0.792. The monoisotopic (exact) mass is 495 g/mol. The van der Waals surface area contributed by atoms with Crippen molar-refractivity contribution in [2.24, 2.45) is 0 Å². The molecule has 13 heteroatoms. The first-order valence-corrected chi connectivity index (χ1v) is 12.8. The number of hydrogen-bond acceptors (Lipinski definition) is 8. The molecule has 0 aliphatic carbocycles. The Kier molecular flexibility index (Phi) is 7.12. The van der Waals surface area contributed by atoms with Gasteiger partial charge in [0, 0.05) is 31.6 Å².